The number of pyridine rings is 1. The molecule has 1 aliphatic heterocycles. The molecule has 8 heteroatoms. The minimum atomic E-state index is -0.717. The van der Waals surface area contributed by atoms with Crippen LogP contribution in [0, 0.1) is 0 Å². The van der Waals surface area contributed by atoms with E-state index in [0.29, 0.717) is 49.7 Å². The van der Waals surface area contributed by atoms with Crippen molar-refractivity contribution in [1.29, 1.82) is 0 Å². The molecule has 1 aliphatic rings. The van der Waals surface area contributed by atoms with E-state index < -0.39 is 11.7 Å². The van der Waals surface area contributed by atoms with Crippen LogP contribution in [0.15, 0.2) is 48.7 Å². The van der Waals surface area contributed by atoms with Gasteiger partial charge < -0.3 is 19.1 Å². The lowest BCUT2D eigenvalue weighted by Gasteiger charge is -2.27. The monoisotopic (exact) mass is 437 g/mol. The van der Waals surface area contributed by atoms with Crippen molar-refractivity contribution < 1.29 is 23.8 Å². The van der Waals surface area contributed by atoms with E-state index in [1.165, 1.54) is 4.57 Å². The number of benzene rings is 1. The molecular weight excluding hydrogens is 410 g/mol. The summed E-state index contributed by atoms with van der Waals surface area (Å²) in [6, 6.07) is 13.2. The molecule has 8 nitrogen and oxygen atoms in total. The lowest BCUT2D eigenvalue weighted by Crippen LogP contribution is -2.42. The first-order chi connectivity index (χ1) is 15.3. The molecule has 0 saturated carbocycles. The number of amides is 1. The number of hydrogen-bond acceptors (Lipinski definition) is 6. The largest absolute Gasteiger partial charge is 0.487 e. The van der Waals surface area contributed by atoms with E-state index in [9.17, 15) is 9.59 Å². The molecule has 3 heterocycles. The minimum absolute atomic E-state index is 0.212. The highest BCUT2D eigenvalue weighted by Gasteiger charge is 2.29. The second-order valence-electron chi connectivity index (χ2n) is 8.61. The Balaban J connectivity index is 1.68. The Hall–Kier alpha value is -3.39. The van der Waals surface area contributed by atoms with Gasteiger partial charge in [0.2, 0.25) is 0 Å². The summed E-state index contributed by atoms with van der Waals surface area (Å²) in [6.45, 7) is 7.60. The number of rotatable bonds is 4. The van der Waals surface area contributed by atoms with Crippen LogP contribution in [0.4, 0.5) is 4.79 Å². The van der Waals surface area contributed by atoms with Crippen molar-refractivity contribution in [2.45, 2.75) is 33.0 Å². The van der Waals surface area contributed by atoms with Crippen LogP contribution >= 0.6 is 0 Å². The molecular formula is C24H27N3O5. The third-order valence-corrected chi connectivity index (χ3v) is 4.96. The number of aromatic nitrogens is 2. The van der Waals surface area contributed by atoms with Crippen LogP contribution in [0.2, 0.25) is 0 Å². The van der Waals surface area contributed by atoms with E-state index in [0.717, 1.165) is 5.56 Å². The highest BCUT2D eigenvalue weighted by atomic mass is 16.6. The number of fused-ring (bicyclic) bond motifs is 1. The highest BCUT2D eigenvalue weighted by molar-refractivity contribution is 6.03. The number of carbonyl (C=O) groups excluding carboxylic acids is 2. The fraction of sp³-hybridized carbons (Fsp3) is 0.375. The lowest BCUT2D eigenvalue weighted by atomic mass is 10.2. The summed E-state index contributed by atoms with van der Waals surface area (Å²) in [5.41, 5.74) is 0.875. The average Bonchev–Trinajstić information content (AvgIpc) is 3.16. The van der Waals surface area contributed by atoms with Crippen LogP contribution in [-0.2, 0) is 16.1 Å². The molecule has 168 valence electrons. The van der Waals surface area contributed by atoms with Crippen molar-refractivity contribution >= 4 is 23.0 Å². The molecule has 0 spiro atoms. The maximum Gasteiger partial charge on any atom is 0.420 e. The number of nitrogens with zero attached hydrogens (tertiary/aromatic N) is 3. The Labute approximate surface area is 186 Å². The first-order valence-corrected chi connectivity index (χ1v) is 10.6. The summed E-state index contributed by atoms with van der Waals surface area (Å²) >= 11 is 0. The third kappa shape index (κ3) is 4.91. The average molecular weight is 437 g/mol. The van der Waals surface area contributed by atoms with Gasteiger partial charge in [-0.05, 0) is 38.5 Å². The smallest absolute Gasteiger partial charge is 0.420 e. The maximum absolute atomic E-state index is 13.2. The van der Waals surface area contributed by atoms with Crippen molar-refractivity contribution in [2.24, 2.45) is 0 Å². The summed E-state index contributed by atoms with van der Waals surface area (Å²) < 4.78 is 18.0. The van der Waals surface area contributed by atoms with Crippen molar-refractivity contribution in [3.63, 3.8) is 0 Å². The van der Waals surface area contributed by atoms with E-state index in [1.54, 1.807) is 44.0 Å². The Morgan fingerprint density at radius 3 is 2.50 bits per heavy atom. The van der Waals surface area contributed by atoms with Gasteiger partial charge in [0.15, 0.2) is 0 Å². The molecule has 2 aromatic heterocycles. The van der Waals surface area contributed by atoms with Crippen LogP contribution in [-0.4, -0.2) is 58.4 Å². The van der Waals surface area contributed by atoms with E-state index >= 15 is 0 Å². The van der Waals surface area contributed by atoms with E-state index in [1.807, 2.05) is 30.3 Å². The fourth-order valence-electron chi connectivity index (χ4n) is 3.47. The number of carbonyl (C=O) groups is 2. The van der Waals surface area contributed by atoms with Crippen molar-refractivity contribution in [3.05, 3.63) is 59.9 Å². The zero-order chi connectivity index (χ0) is 22.7. The molecule has 1 aromatic carbocycles. The predicted molar refractivity (Wildman–Crippen MR) is 119 cm³/mol. The Bertz CT molecular complexity index is 1110. The predicted octanol–water partition coefficient (Wildman–Crippen LogP) is 3.87. The quantitative estimate of drug-likeness (QED) is 0.616. The number of hydrogen-bond donors (Lipinski definition) is 0. The van der Waals surface area contributed by atoms with Gasteiger partial charge in [-0.2, -0.15) is 0 Å². The molecule has 1 saturated heterocycles. The van der Waals surface area contributed by atoms with Crippen LogP contribution in [0.3, 0.4) is 0 Å². The first kappa shape index (κ1) is 21.8. The van der Waals surface area contributed by atoms with Gasteiger partial charge in [0.1, 0.15) is 29.3 Å². The van der Waals surface area contributed by atoms with Gasteiger partial charge >= 0.3 is 6.09 Å². The standard InChI is InChI=1S/C24H27N3O5/c1-24(2,3)32-23(29)27-20(22(28)26-9-11-30-12-10-26)14-18-13-19(15-25-21(18)27)31-16-17-7-5-4-6-8-17/h4-8,13-15H,9-12,16H2,1-3H3. The van der Waals surface area contributed by atoms with Crippen molar-refractivity contribution in [1.82, 2.24) is 14.5 Å². The summed E-state index contributed by atoms with van der Waals surface area (Å²) in [4.78, 5) is 32.4. The van der Waals surface area contributed by atoms with Crippen molar-refractivity contribution in [2.75, 3.05) is 26.3 Å². The number of morpholine rings is 1. The number of ether oxygens (including phenoxy) is 3. The topological polar surface area (TPSA) is 82.9 Å². The molecule has 0 atom stereocenters. The molecule has 0 N–H and O–H groups in total. The van der Waals surface area contributed by atoms with Crippen molar-refractivity contribution in [3.8, 4) is 5.75 Å². The SMILES string of the molecule is CC(C)(C)OC(=O)n1c(C(=O)N2CCOCC2)cc2cc(OCc3ccccc3)cnc21. The minimum Gasteiger partial charge on any atom is -0.487 e. The zero-order valence-electron chi connectivity index (χ0n) is 18.5. The molecule has 0 bridgehead atoms. The molecule has 0 radical (unpaired) electrons. The maximum atomic E-state index is 13.2. The first-order valence-electron chi connectivity index (χ1n) is 10.6. The van der Waals surface area contributed by atoms with Crippen LogP contribution in [0.5, 0.6) is 5.75 Å². The second kappa shape index (κ2) is 9.00. The molecule has 0 aliphatic carbocycles. The van der Waals surface area contributed by atoms with E-state index in [4.69, 9.17) is 14.2 Å². The van der Waals surface area contributed by atoms with Gasteiger partial charge in [-0.1, -0.05) is 30.3 Å². The van der Waals surface area contributed by atoms with Gasteiger partial charge in [-0.3, -0.25) is 4.79 Å². The van der Waals surface area contributed by atoms with Gasteiger partial charge in [0.05, 0.1) is 19.4 Å². The lowest BCUT2D eigenvalue weighted by molar-refractivity contribution is 0.0287. The Morgan fingerprint density at radius 1 is 1.09 bits per heavy atom. The van der Waals surface area contributed by atoms with Crippen LogP contribution in [0.1, 0.15) is 36.8 Å². The Kier molecular flexibility index (Phi) is 6.14. The van der Waals surface area contributed by atoms with Gasteiger partial charge in [0.25, 0.3) is 5.91 Å². The van der Waals surface area contributed by atoms with E-state index in [-0.39, 0.29) is 11.6 Å². The molecule has 3 aromatic rings. The van der Waals surface area contributed by atoms with E-state index in [2.05, 4.69) is 4.98 Å². The molecule has 32 heavy (non-hydrogen) atoms. The Morgan fingerprint density at radius 2 is 1.81 bits per heavy atom. The van der Waals surface area contributed by atoms with Gasteiger partial charge in [-0.25, -0.2) is 14.3 Å². The van der Waals surface area contributed by atoms with Gasteiger partial charge in [0, 0.05) is 18.5 Å². The van der Waals surface area contributed by atoms with Crippen LogP contribution < -0.4 is 4.74 Å². The second-order valence-corrected chi connectivity index (χ2v) is 8.61. The van der Waals surface area contributed by atoms with Crippen LogP contribution in [0.25, 0.3) is 11.0 Å². The fourth-order valence-corrected chi connectivity index (χ4v) is 3.47. The highest BCUT2D eigenvalue weighted by Crippen LogP contribution is 2.25. The zero-order valence-corrected chi connectivity index (χ0v) is 18.5. The summed E-state index contributed by atoms with van der Waals surface area (Å²) in [5.74, 6) is 0.289. The molecule has 1 amide bonds. The summed E-state index contributed by atoms with van der Waals surface area (Å²) in [5, 5.41) is 0.623. The summed E-state index contributed by atoms with van der Waals surface area (Å²) in [6.07, 6.45) is 0.907. The summed E-state index contributed by atoms with van der Waals surface area (Å²) in [7, 11) is 0. The van der Waals surface area contributed by atoms with Gasteiger partial charge in [-0.15, -0.1) is 0 Å². The molecule has 0 unspecified atom stereocenters. The normalized spacial score (nSPS) is 14.4. The third-order valence-electron chi connectivity index (χ3n) is 4.96. The molecule has 4 rings (SSSR count). The molecule has 1 fully saturated rings.